The molecule has 11 heteroatoms. The van der Waals surface area contributed by atoms with Crippen LogP contribution in [0.5, 0.6) is 11.6 Å². The number of Topliss-reactive ketones (excluding diaryl/α,β-unsaturated/α-hetero) is 1. The Kier molecular flexibility index (Phi) is 7.40. The summed E-state index contributed by atoms with van der Waals surface area (Å²) in [6.45, 7) is 2.41. The average molecular weight is 523 g/mol. The number of rotatable bonds is 6. The van der Waals surface area contributed by atoms with Crippen molar-refractivity contribution in [3.63, 3.8) is 0 Å². The van der Waals surface area contributed by atoms with Gasteiger partial charge in [0, 0.05) is 12.5 Å². The van der Waals surface area contributed by atoms with Crippen LogP contribution in [0.15, 0.2) is 5.16 Å². The molecule has 0 amide bonds. The molecule has 36 heavy (non-hydrogen) atoms. The fraction of sp³-hybridized carbons (Fsp3) is 0.760. The number of oxime groups is 1. The molecule has 2 saturated heterocycles. The van der Waals surface area contributed by atoms with Gasteiger partial charge in [-0.15, -0.1) is 0 Å². The third-order valence-electron chi connectivity index (χ3n) is 8.48. The molecule has 0 bridgehead atoms. The quantitative estimate of drug-likeness (QED) is 0.258. The third kappa shape index (κ3) is 4.25. The van der Waals surface area contributed by atoms with Crippen molar-refractivity contribution in [1.82, 2.24) is 14.9 Å². The molecule has 4 aliphatic rings. The van der Waals surface area contributed by atoms with Crippen LogP contribution in [0.4, 0.5) is 0 Å². The van der Waals surface area contributed by atoms with Crippen LogP contribution in [0.2, 0.25) is 5.15 Å². The van der Waals surface area contributed by atoms with Crippen molar-refractivity contribution in [2.24, 2.45) is 16.5 Å². The molecule has 5 rings (SSSR count). The van der Waals surface area contributed by atoms with Crippen LogP contribution >= 0.6 is 11.6 Å². The number of carbonyl (C=O) groups is 1. The smallest absolute Gasteiger partial charge is 0.262 e. The SMILES string of the molecule is COc1c(Cl)nc(C(=O)C2CCC[C@@]3(CCCCC34OCCO4)/C2=N/O)nc1OC[C@@H]1CCCN1C. The summed E-state index contributed by atoms with van der Waals surface area (Å²) in [5.41, 5.74) is -0.247. The van der Waals surface area contributed by atoms with Crippen molar-refractivity contribution in [3.05, 3.63) is 11.0 Å². The first-order valence-electron chi connectivity index (χ1n) is 12.9. The van der Waals surface area contributed by atoms with E-state index in [0.717, 1.165) is 51.5 Å². The lowest BCUT2D eigenvalue weighted by atomic mass is 9.57. The van der Waals surface area contributed by atoms with Gasteiger partial charge in [-0.25, -0.2) is 4.98 Å². The first-order chi connectivity index (χ1) is 17.4. The van der Waals surface area contributed by atoms with E-state index in [2.05, 4.69) is 27.1 Å². The molecule has 1 N–H and O–H groups in total. The second-order valence-electron chi connectivity index (χ2n) is 10.3. The molecule has 4 fully saturated rings. The Morgan fingerprint density at radius 2 is 1.92 bits per heavy atom. The van der Waals surface area contributed by atoms with Crippen LogP contribution < -0.4 is 9.47 Å². The maximum absolute atomic E-state index is 13.9. The number of likely N-dealkylation sites (N-methyl/N-ethyl adjacent to an activating group) is 1. The van der Waals surface area contributed by atoms with E-state index in [0.29, 0.717) is 38.4 Å². The number of nitrogens with zero attached hydrogens (tertiary/aromatic N) is 4. The largest absolute Gasteiger partial charge is 0.489 e. The lowest BCUT2D eigenvalue weighted by Gasteiger charge is -2.53. The predicted molar refractivity (Wildman–Crippen MR) is 131 cm³/mol. The molecule has 3 heterocycles. The molecule has 2 spiro atoms. The van der Waals surface area contributed by atoms with E-state index in [-0.39, 0.29) is 34.4 Å². The van der Waals surface area contributed by atoms with Crippen molar-refractivity contribution in [1.29, 1.82) is 0 Å². The lowest BCUT2D eigenvalue weighted by molar-refractivity contribution is -0.238. The summed E-state index contributed by atoms with van der Waals surface area (Å²) < 4.78 is 23.8. The van der Waals surface area contributed by atoms with E-state index < -0.39 is 17.1 Å². The summed E-state index contributed by atoms with van der Waals surface area (Å²) in [6, 6.07) is 0.253. The highest BCUT2D eigenvalue weighted by Gasteiger charge is 2.62. The molecule has 3 atom stereocenters. The number of hydrogen-bond acceptors (Lipinski definition) is 10. The van der Waals surface area contributed by atoms with Crippen molar-refractivity contribution in [2.45, 2.75) is 69.6 Å². The summed E-state index contributed by atoms with van der Waals surface area (Å²) in [5.74, 6) is -1.64. The molecule has 2 aliphatic carbocycles. The van der Waals surface area contributed by atoms with Crippen molar-refractivity contribution >= 4 is 23.1 Å². The zero-order valence-electron chi connectivity index (χ0n) is 21.0. The van der Waals surface area contributed by atoms with Gasteiger partial charge >= 0.3 is 0 Å². The maximum Gasteiger partial charge on any atom is 0.262 e. The topological polar surface area (TPSA) is 116 Å². The third-order valence-corrected chi connectivity index (χ3v) is 8.74. The minimum atomic E-state index is -0.855. The van der Waals surface area contributed by atoms with Crippen LogP contribution in [0.3, 0.4) is 0 Å². The summed E-state index contributed by atoms with van der Waals surface area (Å²) in [6.07, 6.45) is 7.53. The molecule has 10 nitrogen and oxygen atoms in total. The van der Waals surface area contributed by atoms with Crippen LogP contribution in [-0.4, -0.2) is 83.9 Å². The van der Waals surface area contributed by atoms with Crippen molar-refractivity contribution in [2.75, 3.05) is 40.5 Å². The second-order valence-corrected chi connectivity index (χ2v) is 10.7. The number of carbonyl (C=O) groups excluding carboxylic acids is 1. The van der Waals surface area contributed by atoms with Gasteiger partial charge in [-0.05, 0) is 52.1 Å². The number of halogens is 1. The van der Waals surface area contributed by atoms with Gasteiger partial charge in [-0.1, -0.05) is 29.6 Å². The highest BCUT2D eigenvalue weighted by atomic mass is 35.5. The summed E-state index contributed by atoms with van der Waals surface area (Å²) in [7, 11) is 3.52. The lowest BCUT2D eigenvalue weighted by Crippen LogP contribution is -2.60. The summed E-state index contributed by atoms with van der Waals surface area (Å²) in [5, 5.41) is 14.0. The molecule has 2 aliphatic heterocycles. The summed E-state index contributed by atoms with van der Waals surface area (Å²) >= 11 is 6.41. The highest BCUT2D eigenvalue weighted by Crippen LogP contribution is 2.57. The van der Waals surface area contributed by atoms with E-state index >= 15 is 0 Å². The number of hydrogen-bond donors (Lipinski definition) is 1. The second kappa shape index (κ2) is 10.4. The number of likely N-dealkylation sites (tertiary alicyclic amines) is 1. The van der Waals surface area contributed by atoms with Gasteiger partial charge in [0.25, 0.3) is 5.88 Å². The van der Waals surface area contributed by atoms with Gasteiger partial charge < -0.3 is 29.1 Å². The fourth-order valence-corrected chi connectivity index (χ4v) is 6.90. The fourth-order valence-electron chi connectivity index (χ4n) is 6.66. The van der Waals surface area contributed by atoms with Gasteiger partial charge in [-0.2, -0.15) is 4.98 Å². The van der Waals surface area contributed by atoms with Crippen molar-refractivity contribution < 1.29 is 28.9 Å². The normalized spacial score (nSPS) is 31.4. The number of ether oxygens (including phenoxy) is 4. The Morgan fingerprint density at radius 1 is 1.17 bits per heavy atom. The molecule has 2 saturated carbocycles. The molecule has 1 unspecified atom stereocenters. The van der Waals surface area contributed by atoms with E-state index in [9.17, 15) is 10.0 Å². The van der Waals surface area contributed by atoms with Gasteiger partial charge in [0.15, 0.2) is 10.9 Å². The Morgan fingerprint density at radius 3 is 2.61 bits per heavy atom. The molecular weight excluding hydrogens is 488 g/mol. The zero-order valence-corrected chi connectivity index (χ0v) is 21.8. The Bertz CT molecular complexity index is 1010. The van der Waals surface area contributed by atoms with Crippen LogP contribution in [0.25, 0.3) is 0 Å². The minimum absolute atomic E-state index is 0.00947. The molecule has 0 radical (unpaired) electrons. The monoisotopic (exact) mass is 522 g/mol. The Balaban J connectivity index is 1.44. The summed E-state index contributed by atoms with van der Waals surface area (Å²) in [4.78, 5) is 24.8. The first kappa shape index (κ1) is 25.6. The number of fused-ring (bicyclic) bond motifs is 1. The van der Waals surface area contributed by atoms with Gasteiger partial charge in [-0.3, -0.25) is 4.79 Å². The van der Waals surface area contributed by atoms with Crippen LogP contribution in [0.1, 0.15) is 68.4 Å². The first-order valence-corrected chi connectivity index (χ1v) is 13.3. The minimum Gasteiger partial charge on any atom is -0.489 e. The Hall–Kier alpha value is -2.01. The van der Waals surface area contributed by atoms with E-state index in [1.54, 1.807) is 0 Å². The molecule has 198 valence electrons. The molecule has 1 aromatic heterocycles. The average Bonchev–Trinajstić information content (AvgIpc) is 3.53. The molecule has 1 aromatic rings. The molecular formula is C25H35ClN4O6. The van der Waals surface area contributed by atoms with E-state index in [1.165, 1.54) is 7.11 Å². The van der Waals surface area contributed by atoms with Crippen molar-refractivity contribution in [3.8, 4) is 11.6 Å². The van der Waals surface area contributed by atoms with Crippen LogP contribution in [0, 0.1) is 11.3 Å². The molecule has 0 aromatic carbocycles. The predicted octanol–water partition coefficient (Wildman–Crippen LogP) is 3.73. The van der Waals surface area contributed by atoms with Gasteiger partial charge in [0.05, 0.1) is 37.4 Å². The Labute approximate surface area is 216 Å². The van der Waals surface area contributed by atoms with Gasteiger partial charge in [0.1, 0.15) is 6.61 Å². The van der Waals surface area contributed by atoms with Crippen LogP contribution in [-0.2, 0) is 9.47 Å². The van der Waals surface area contributed by atoms with E-state index in [1.807, 2.05) is 0 Å². The number of methoxy groups -OCH3 is 1. The van der Waals surface area contributed by atoms with E-state index in [4.69, 9.17) is 30.5 Å². The number of aromatic nitrogens is 2. The van der Waals surface area contributed by atoms with Gasteiger partial charge in [0.2, 0.25) is 17.4 Å². The standard InChI is InChI=1S/C25H35ClN4O6/c1-30-12-6-7-16(30)15-34-23-19(33-2)21(26)27-22(28-23)18(31)17-8-5-10-24(20(17)29-32)9-3-4-11-25(24)35-13-14-36-25/h16-17,32H,3-15H2,1-2H3/b29-20+/t16-,17?,24-/m0/s1. The maximum atomic E-state index is 13.9. The highest BCUT2D eigenvalue weighted by molar-refractivity contribution is 6.31. The zero-order chi connectivity index (χ0) is 25.3. The number of ketones is 1.